The van der Waals surface area contributed by atoms with Gasteiger partial charge in [0.1, 0.15) is 11.4 Å². The summed E-state index contributed by atoms with van der Waals surface area (Å²) in [5.74, 6) is -0.929. The van der Waals surface area contributed by atoms with Crippen molar-refractivity contribution in [3.05, 3.63) is 47.9 Å². The van der Waals surface area contributed by atoms with Gasteiger partial charge in [0.25, 0.3) is 0 Å². The van der Waals surface area contributed by atoms with E-state index in [0.29, 0.717) is 10.5 Å². The zero-order chi connectivity index (χ0) is 12.3. The second-order valence-electron chi connectivity index (χ2n) is 3.45. The minimum absolute atomic E-state index is 0.291. The molecule has 0 bridgehead atoms. The van der Waals surface area contributed by atoms with Crippen LogP contribution >= 0.6 is 11.8 Å². The van der Waals surface area contributed by atoms with Crippen molar-refractivity contribution in [3.63, 3.8) is 0 Å². The SMILES string of the molecule is Cc1ccc(C(=O)O)c(Sc2ccncn2)c1. The van der Waals surface area contributed by atoms with Crippen molar-refractivity contribution in [1.82, 2.24) is 9.97 Å². The fourth-order valence-electron chi connectivity index (χ4n) is 1.34. The quantitative estimate of drug-likeness (QED) is 0.843. The average Bonchev–Trinajstić information content (AvgIpc) is 2.30. The summed E-state index contributed by atoms with van der Waals surface area (Å²) >= 11 is 1.32. The van der Waals surface area contributed by atoms with Crippen molar-refractivity contribution in [2.45, 2.75) is 16.8 Å². The lowest BCUT2D eigenvalue weighted by molar-refractivity contribution is 0.0693. The van der Waals surface area contributed by atoms with Gasteiger partial charge in [0.15, 0.2) is 0 Å². The molecular weight excluding hydrogens is 236 g/mol. The van der Waals surface area contributed by atoms with E-state index < -0.39 is 5.97 Å². The van der Waals surface area contributed by atoms with Crippen molar-refractivity contribution >= 4 is 17.7 Å². The van der Waals surface area contributed by atoms with Gasteiger partial charge in [-0.2, -0.15) is 0 Å². The Labute approximate surface area is 103 Å². The zero-order valence-electron chi connectivity index (χ0n) is 9.12. The number of carboxylic acid groups (broad SMARTS) is 1. The van der Waals surface area contributed by atoms with Gasteiger partial charge in [-0.15, -0.1) is 0 Å². The molecule has 2 rings (SSSR count). The molecule has 1 heterocycles. The van der Waals surface area contributed by atoms with Gasteiger partial charge in [-0.05, 0) is 30.7 Å². The number of rotatable bonds is 3. The summed E-state index contributed by atoms with van der Waals surface area (Å²) in [6.45, 7) is 1.93. The molecule has 0 aliphatic heterocycles. The monoisotopic (exact) mass is 246 g/mol. The van der Waals surface area contributed by atoms with Crippen molar-refractivity contribution < 1.29 is 9.90 Å². The summed E-state index contributed by atoms with van der Waals surface area (Å²) in [7, 11) is 0. The van der Waals surface area contributed by atoms with Gasteiger partial charge >= 0.3 is 5.97 Å². The summed E-state index contributed by atoms with van der Waals surface area (Å²) in [5, 5.41) is 9.82. The van der Waals surface area contributed by atoms with Gasteiger partial charge in [0.05, 0.1) is 5.56 Å². The Bertz CT molecular complexity index is 543. The van der Waals surface area contributed by atoms with Crippen LogP contribution < -0.4 is 0 Å². The van der Waals surface area contributed by atoms with E-state index in [-0.39, 0.29) is 0 Å². The molecule has 17 heavy (non-hydrogen) atoms. The summed E-state index contributed by atoms with van der Waals surface area (Å²) in [6.07, 6.45) is 3.07. The molecule has 0 aliphatic carbocycles. The van der Waals surface area contributed by atoms with Gasteiger partial charge in [-0.3, -0.25) is 0 Å². The lowest BCUT2D eigenvalue weighted by atomic mass is 10.1. The Hall–Kier alpha value is -1.88. The van der Waals surface area contributed by atoms with Crippen LogP contribution in [0.25, 0.3) is 0 Å². The number of carbonyl (C=O) groups is 1. The van der Waals surface area contributed by atoms with E-state index >= 15 is 0 Å². The second kappa shape index (κ2) is 4.97. The number of nitrogens with zero attached hydrogens (tertiary/aromatic N) is 2. The van der Waals surface area contributed by atoms with Crippen LogP contribution in [-0.4, -0.2) is 21.0 Å². The highest BCUT2D eigenvalue weighted by atomic mass is 32.2. The molecule has 0 atom stereocenters. The third-order valence-corrected chi connectivity index (χ3v) is 3.15. The molecule has 5 heteroatoms. The number of aromatic carboxylic acids is 1. The summed E-state index contributed by atoms with van der Waals surface area (Å²) in [5.41, 5.74) is 1.31. The lowest BCUT2D eigenvalue weighted by Crippen LogP contribution is -1.99. The summed E-state index contributed by atoms with van der Waals surface area (Å²) in [6, 6.07) is 6.99. The standard InChI is InChI=1S/C12H10N2O2S/c1-8-2-3-9(12(15)16)10(6-8)17-11-4-5-13-7-14-11/h2-7H,1H3,(H,15,16). The van der Waals surface area contributed by atoms with Crippen LogP contribution in [0.5, 0.6) is 0 Å². The molecule has 86 valence electrons. The predicted molar refractivity (Wildman–Crippen MR) is 64.3 cm³/mol. The molecule has 1 aromatic heterocycles. The number of carboxylic acids is 1. The molecule has 0 amide bonds. The molecule has 4 nitrogen and oxygen atoms in total. The van der Waals surface area contributed by atoms with E-state index in [9.17, 15) is 4.79 Å². The Morgan fingerprint density at radius 3 is 2.82 bits per heavy atom. The Kier molecular flexibility index (Phi) is 3.39. The number of hydrogen-bond acceptors (Lipinski definition) is 4. The van der Waals surface area contributed by atoms with E-state index in [1.54, 1.807) is 24.4 Å². The normalized spacial score (nSPS) is 10.2. The maximum absolute atomic E-state index is 11.1. The fraction of sp³-hybridized carbons (Fsp3) is 0.0833. The van der Waals surface area contributed by atoms with Gasteiger partial charge < -0.3 is 5.11 Å². The van der Waals surface area contributed by atoms with Crippen LogP contribution in [-0.2, 0) is 0 Å². The summed E-state index contributed by atoms with van der Waals surface area (Å²) in [4.78, 5) is 19.7. The second-order valence-corrected chi connectivity index (χ2v) is 4.52. The molecule has 0 radical (unpaired) electrons. The van der Waals surface area contributed by atoms with Crippen molar-refractivity contribution in [1.29, 1.82) is 0 Å². The number of aromatic nitrogens is 2. The number of hydrogen-bond donors (Lipinski definition) is 1. The zero-order valence-corrected chi connectivity index (χ0v) is 9.94. The van der Waals surface area contributed by atoms with Crippen molar-refractivity contribution in [2.24, 2.45) is 0 Å². The van der Waals surface area contributed by atoms with E-state index in [0.717, 1.165) is 10.6 Å². The molecule has 0 spiro atoms. The summed E-state index contributed by atoms with van der Waals surface area (Å²) < 4.78 is 0. The van der Waals surface area contributed by atoms with Crippen LogP contribution in [0, 0.1) is 6.92 Å². The third-order valence-electron chi connectivity index (χ3n) is 2.14. The van der Waals surface area contributed by atoms with E-state index in [2.05, 4.69) is 9.97 Å². The third kappa shape index (κ3) is 2.82. The molecule has 0 saturated carbocycles. The first-order chi connectivity index (χ1) is 8.16. The highest BCUT2D eigenvalue weighted by molar-refractivity contribution is 7.99. The smallest absolute Gasteiger partial charge is 0.336 e. The van der Waals surface area contributed by atoms with Gasteiger partial charge in [0.2, 0.25) is 0 Å². The molecular formula is C12H10N2O2S. The first-order valence-electron chi connectivity index (χ1n) is 4.94. The van der Waals surface area contributed by atoms with Gasteiger partial charge in [-0.1, -0.05) is 17.8 Å². The maximum atomic E-state index is 11.1. The van der Waals surface area contributed by atoms with Crippen LogP contribution in [0.15, 0.2) is 46.7 Å². The first-order valence-corrected chi connectivity index (χ1v) is 5.76. The minimum Gasteiger partial charge on any atom is -0.478 e. The van der Waals surface area contributed by atoms with Crippen molar-refractivity contribution in [2.75, 3.05) is 0 Å². The molecule has 0 saturated heterocycles. The topological polar surface area (TPSA) is 63.1 Å². The Morgan fingerprint density at radius 1 is 1.35 bits per heavy atom. The fourth-order valence-corrected chi connectivity index (χ4v) is 2.31. The highest BCUT2D eigenvalue weighted by Crippen LogP contribution is 2.29. The molecule has 1 N–H and O–H groups in total. The van der Waals surface area contributed by atoms with Crippen LogP contribution in [0.3, 0.4) is 0 Å². The lowest BCUT2D eigenvalue weighted by Gasteiger charge is -2.05. The van der Waals surface area contributed by atoms with Crippen molar-refractivity contribution in [3.8, 4) is 0 Å². The average molecular weight is 246 g/mol. The largest absolute Gasteiger partial charge is 0.478 e. The van der Waals surface area contributed by atoms with E-state index in [1.165, 1.54) is 18.1 Å². The Morgan fingerprint density at radius 2 is 2.18 bits per heavy atom. The maximum Gasteiger partial charge on any atom is 0.336 e. The molecule has 2 aromatic rings. The predicted octanol–water partition coefficient (Wildman–Crippen LogP) is 2.63. The van der Waals surface area contributed by atoms with E-state index in [1.807, 2.05) is 13.0 Å². The van der Waals surface area contributed by atoms with Crippen LogP contribution in [0.2, 0.25) is 0 Å². The van der Waals surface area contributed by atoms with E-state index in [4.69, 9.17) is 5.11 Å². The number of aryl methyl sites for hydroxylation is 1. The van der Waals surface area contributed by atoms with Gasteiger partial charge in [0, 0.05) is 11.1 Å². The molecule has 1 aromatic carbocycles. The number of benzene rings is 1. The molecule has 0 fully saturated rings. The van der Waals surface area contributed by atoms with Crippen LogP contribution in [0.4, 0.5) is 0 Å². The Balaban J connectivity index is 2.37. The molecule has 0 unspecified atom stereocenters. The first kappa shape index (κ1) is 11.6. The molecule has 0 aliphatic rings. The van der Waals surface area contributed by atoms with Crippen LogP contribution in [0.1, 0.15) is 15.9 Å². The highest BCUT2D eigenvalue weighted by Gasteiger charge is 2.11. The minimum atomic E-state index is -0.929. The van der Waals surface area contributed by atoms with Gasteiger partial charge in [-0.25, -0.2) is 14.8 Å².